The summed E-state index contributed by atoms with van der Waals surface area (Å²) in [6.07, 6.45) is 12.5. The molecular formula is C35H52FN5O4S. The lowest BCUT2D eigenvalue weighted by Crippen LogP contribution is -2.67. The van der Waals surface area contributed by atoms with Gasteiger partial charge in [0.15, 0.2) is 0 Å². The van der Waals surface area contributed by atoms with E-state index in [2.05, 4.69) is 53.8 Å². The Labute approximate surface area is 272 Å². The molecule has 254 valence electrons. The molecule has 1 aliphatic rings. The van der Waals surface area contributed by atoms with Crippen molar-refractivity contribution in [2.75, 3.05) is 57.8 Å². The summed E-state index contributed by atoms with van der Waals surface area (Å²) >= 11 is 0. The van der Waals surface area contributed by atoms with Gasteiger partial charge in [0.2, 0.25) is 0 Å². The van der Waals surface area contributed by atoms with Crippen LogP contribution in [0.4, 0.5) is 9.18 Å². The molecule has 0 aliphatic carbocycles. The van der Waals surface area contributed by atoms with Crippen molar-refractivity contribution in [2.45, 2.75) is 70.8 Å². The van der Waals surface area contributed by atoms with Crippen molar-refractivity contribution in [3.8, 4) is 0 Å². The number of ether oxygens (including phenoxy) is 3. The molecule has 0 fully saturated rings. The smallest absolute Gasteiger partial charge is 0.417 e. The number of methoxy groups -OCH3 is 1. The first-order valence-electron chi connectivity index (χ1n) is 15.5. The van der Waals surface area contributed by atoms with Crippen molar-refractivity contribution in [1.82, 2.24) is 19.9 Å². The van der Waals surface area contributed by atoms with Gasteiger partial charge in [-0.25, -0.2) is 19.1 Å². The van der Waals surface area contributed by atoms with Crippen molar-refractivity contribution in [2.24, 2.45) is 4.99 Å². The fraction of sp³-hybridized carbons (Fsp3) is 0.571. The van der Waals surface area contributed by atoms with Gasteiger partial charge in [-0.2, -0.15) is 0 Å². The van der Waals surface area contributed by atoms with E-state index in [4.69, 9.17) is 19.2 Å². The lowest BCUT2D eigenvalue weighted by molar-refractivity contribution is -0.00308. The van der Waals surface area contributed by atoms with Crippen LogP contribution in [0.3, 0.4) is 0 Å². The first-order valence-corrected chi connectivity index (χ1v) is 19.8. The monoisotopic (exact) mass is 657 g/mol. The van der Waals surface area contributed by atoms with E-state index >= 15 is 4.39 Å². The molecule has 11 heteroatoms. The minimum Gasteiger partial charge on any atom is -0.443 e. The van der Waals surface area contributed by atoms with E-state index in [1.165, 1.54) is 11.0 Å². The standard InChI is InChI=1S/C35H52FN5O4S/c1-24-21-38-30-28(39-24)15-16-37-29(30)20-25-13-14-27(36)26(19-25)35(7)22-46(9,10,11,12)34(5,6)31(40-35)41(23-44-18-17-43-8)32(42)45-33(2,3)4/h13-16,19,21H,17-18,20,22-23H2,1-12H3/t35-/m0/s1. The highest BCUT2D eigenvalue weighted by atomic mass is 32.4. The number of pyridine rings is 1. The molecule has 4 rings (SSSR count). The molecule has 0 saturated carbocycles. The number of nitrogens with zero attached hydrogens (tertiary/aromatic N) is 5. The molecule has 2 aromatic heterocycles. The summed E-state index contributed by atoms with van der Waals surface area (Å²) in [6.45, 7) is 14.2. The average molecular weight is 658 g/mol. The number of amidine groups is 1. The van der Waals surface area contributed by atoms with Crippen molar-refractivity contribution in [3.05, 3.63) is 65.0 Å². The predicted octanol–water partition coefficient (Wildman–Crippen LogP) is 6.72. The largest absolute Gasteiger partial charge is 0.443 e. The Bertz CT molecular complexity index is 1680. The van der Waals surface area contributed by atoms with Gasteiger partial charge in [-0.15, -0.1) is 0 Å². The molecule has 1 amide bonds. The second kappa shape index (κ2) is 11.5. The highest BCUT2D eigenvalue weighted by Gasteiger charge is 2.65. The van der Waals surface area contributed by atoms with Crippen molar-refractivity contribution in [1.29, 1.82) is 0 Å². The number of fused-ring (bicyclic) bond motifs is 1. The summed E-state index contributed by atoms with van der Waals surface area (Å²) in [5.74, 6) is 0.744. The lowest BCUT2D eigenvalue weighted by Gasteiger charge is -2.81. The normalized spacial score (nSPS) is 22.9. The highest BCUT2D eigenvalue weighted by molar-refractivity contribution is 8.64. The molecule has 3 heterocycles. The van der Waals surface area contributed by atoms with E-state index in [1.807, 2.05) is 46.8 Å². The second-order valence-electron chi connectivity index (χ2n) is 16.5. The zero-order valence-corrected chi connectivity index (χ0v) is 30.5. The Hall–Kier alpha value is -3.15. The maximum Gasteiger partial charge on any atom is 0.417 e. The number of aromatic nitrogens is 3. The third-order valence-corrected chi connectivity index (χ3v) is 16.2. The number of halogens is 1. The number of hydrogen-bond acceptors (Lipinski definition) is 8. The number of aliphatic imine (C=N–C) groups is 1. The molecule has 9 nitrogen and oxygen atoms in total. The Balaban J connectivity index is 1.88. The Morgan fingerprint density at radius 2 is 1.76 bits per heavy atom. The van der Waals surface area contributed by atoms with Crippen molar-refractivity contribution >= 4 is 31.3 Å². The third kappa shape index (κ3) is 7.06. The maximum absolute atomic E-state index is 16.1. The number of aryl methyl sites for hydroxylation is 1. The molecule has 1 atom stereocenters. The fourth-order valence-electron chi connectivity index (χ4n) is 6.13. The van der Waals surface area contributed by atoms with Gasteiger partial charge in [0.05, 0.1) is 35.7 Å². The van der Waals surface area contributed by atoms with Gasteiger partial charge in [0.25, 0.3) is 0 Å². The van der Waals surface area contributed by atoms with Crippen LogP contribution in [0.2, 0.25) is 0 Å². The summed E-state index contributed by atoms with van der Waals surface area (Å²) < 4.78 is 32.5. The second-order valence-corrected chi connectivity index (χ2v) is 26.9. The van der Waals surface area contributed by atoms with Crippen LogP contribution in [-0.4, -0.2) is 100.0 Å². The minimum atomic E-state index is -3.20. The number of rotatable bonds is 8. The van der Waals surface area contributed by atoms with Crippen LogP contribution in [-0.2, 0) is 26.2 Å². The van der Waals surface area contributed by atoms with Gasteiger partial charge >= 0.3 is 6.09 Å². The average Bonchev–Trinajstić information content (AvgIpc) is 2.90. The van der Waals surface area contributed by atoms with Crippen molar-refractivity contribution < 1.29 is 23.4 Å². The van der Waals surface area contributed by atoms with Gasteiger partial charge in [-0.1, -0.05) is 12.1 Å². The van der Waals surface area contributed by atoms with E-state index in [1.54, 1.807) is 25.6 Å². The molecule has 0 N–H and O–H groups in total. The van der Waals surface area contributed by atoms with Crippen LogP contribution in [0, 0.1) is 12.7 Å². The molecule has 46 heavy (non-hydrogen) atoms. The number of carbonyl (C=O) groups is 1. The minimum absolute atomic E-state index is 0.0831. The SMILES string of the molecule is COCCOCN(C(=O)OC(C)(C)C)C1=N[C@](C)(c2cc(Cc3nccc4nc(C)cnc34)ccc2F)CS(C)(C)(C)(C)C1(C)C. The van der Waals surface area contributed by atoms with E-state index < -0.39 is 30.3 Å². The summed E-state index contributed by atoms with van der Waals surface area (Å²) in [5, 5.41) is 0. The third-order valence-electron chi connectivity index (χ3n) is 9.38. The van der Waals surface area contributed by atoms with Gasteiger partial charge in [-0.3, -0.25) is 23.3 Å². The van der Waals surface area contributed by atoms with E-state index in [-0.39, 0.29) is 19.2 Å². The molecule has 0 radical (unpaired) electrons. The number of benzene rings is 1. The summed E-state index contributed by atoms with van der Waals surface area (Å²) in [7, 11) is -1.61. The maximum atomic E-state index is 16.1. The topological polar surface area (TPSA) is 99.0 Å². The van der Waals surface area contributed by atoms with Crippen LogP contribution in [0.1, 0.15) is 64.1 Å². The lowest BCUT2D eigenvalue weighted by atomic mass is 9.90. The number of hydrogen-bond donors (Lipinski definition) is 0. The highest BCUT2D eigenvalue weighted by Crippen LogP contribution is 2.89. The van der Waals surface area contributed by atoms with E-state index in [0.717, 1.165) is 28.0 Å². The van der Waals surface area contributed by atoms with Crippen molar-refractivity contribution in [3.63, 3.8) is 0 Å². The van der Waals surface area contributed by atoms with Gasteiger partial charge in [-0.05, 0) is 96.9 Å². The summed E-state index contributed by atoms with van der Waals surface area (Å²) in [6, 6.07) is 7.02. The van der Waals surface area contributed by atoms with Gasteiger partial charge in [0.1, 0.15) is 29.5 Å². The summed E-state index contributed by atoms with van der Waals surface area (Å²) in [4.78, 5) is 34.5. The van der Waals surface area contributed by atoms with E-state index in [9.17, 15) is 4.79 Å². The van der Waals surface area contributed by atoms with Gasteiger partial charge in [0, 0.05) is 36.2 Å². The van der Waals surface area contributed by atoms with Crippen LogP contribution in [0.5, 0.6) is 0 Å². The quantitative estimate of drug-likeness (QED) is 0.196. The molecule has 0 unspecified atom stereocenters. The molecule has 0 spiro atoms. The van der Waals surface area contributed by atoms with E-state index in [0.29, 0.717) is 30.2 Å². The molecule has 1 aliphatic heterocycles. The predicted molar refractivity (Wildman–Crippen MR) is 187 cm³/mol. The first-order chi connectivity index (χ1) is 21.0. The van der Waals surface area contributed by atoms with Crippen LogP contribution in [0.25, 0.3) is 11.0 Å². The molecule has 0 bridgehead atoms. The number of amides is 1. The molecule has 3 aromatic rings. The Morgan fingerprint density at radius 3 is 2.41 bits per heavy atom. The van der Waals surface area contributed by atoms with Crippen LogP contribution < -0.4 is 0 Å². The molecular weight excluding hydrogens is 605 g/mol. The zero-order chi connectivity index (χ0) is 34.4. The van der Waals surface area contributed by atoms with Crippen LogP contribution >= 0.6 is 8.29 Å². The fourth-order valence-corrected chi connectivity index (χ4v) is 10.3. The summed E-state index contributed by atoms with van der Waals surface area (Å²) in [5.41, 5.74) is 2.65. The Kier molecular flexibility index (Phi) is 8.94. The molecule has 0 saturated heterocycles. The number of carbonyl (C=O) groups excluding carboxylic acids is 1. The zero-order valence-electron chi connectivity index (χ0n) is 29.7. The first kappa shape index (κ1) is 35.7. The van der Waals surface area contributed by atoms with Crippen LogP contribution in [0.15, 0.2) is 41.7 Å². The molecule has 1 aromatic carbocycles. The van der Waals surface area contributed by atoms with Gasteiger partial charge < -0.3 is 14.2 Å². The Morgan fingerprint density at radius 1 is 1.07 bits per heavy atom.